The third-order valence-electron chi connectivity index (χ3n) is 5.05. The molecule has 4 rings (SSSR count). The molecule has 0 saturated carbocycles. The molecule has 1 N–H and O–H groups in total. The Hall–Kier alpha value is -3.14. The van der Waals surface area contributed by atoms with Gasteiger partial charge in [-0.15, -0.1) is 0 Å². The predicted molar refractivity (Wildman–Crippen MR) is 108 cm³/mol. The molecule has 0 fully saturated rings. The molecule has 2 heterocycles. The van der Waals surface area contributed by atoms with E-state index in [-0.39, 0.29) is 5.91 Å². The van der Waals surface area contributed by atoms with Gasteiger partial charge in [-0.1, -0.05) is 54.1 Å². The number of hydrogen-bond acceptors (Lipinski definition) is 3. The molecule has 0 spiro atoms. The molecule has 0 saturated heterocycles. The lowest BCUT2D eigenvalue weighted by molar-refractivity contribution is 0.0946. The van der Waals surface area contributed by atoms with E-state index >= 15 is 0 Å². The lowest BCUT2D eigenvalue weighted by atomic mass is 9.99. The van der Waals surface area contributed by atoms with Gasteiger partial charge in [0.15, 0.2) is 0 Å². The van der Waals surface area contributed by atoms with Crippen molar-refractivity contribution in [3.63, 3.8) is 0 Å². The molecule has 1 aliphatic heterocycles. The summed E-state index contributed by atoms with van der Waals surface area (Å²) < 4.78 is 0. The summed E-state index contributed by atoms with van der Waals surface area (Å²) in [6.07, 6.45) is 2.74. The van der Waals surface area contributed by atoms with Crippen molar-refractivity contribution in [3.05, 3.63) is 94.8 Å². The summed E-state index contributed by atoms with van der Waals surface area (Å²) in [5, 5.41) is 2.96. The van der Waals surface area contributed by atoms with E-state index in [0.29, 0.717) is 12.2 Å². The Morgan fingerprint density at radius 3 is 2.67 bits per heavy atom. The number of pyridine rings is 1. The van der Waals surface area contributed by atoms with Crippen LogP contribution in [0.2, 0.25) is 0 Å². The van der Waals surface area contributed by atoms with Gasteiger partial charge in [-0.25, -0.2) is 0 Å². The first-order valence-electron chi connectivity index (χ1n) is 9.30. The second kappa shape index (κ2) is 7.62. The van der Waals surface area contributed by atoms with Crippen LogP contribution in [0, 0.1) is 6.92 Å². The van der Waals surface area contributed by atoms with Gasteiger partial charge < -0.3 is 10.2 Å². The maximum atomic E-state index is 12.5. The van der Waals surface area contributed by atoms with E-state index in [1.54, 1.807) is 6.20 Å². The number of carbonyl (C=O) groups excluding carboxylic acids is 1. The summed E-state index contributed by atoms with van der Waals surface area (Å²) in [6, 6.07) is 20.6. The topological polar surface area (TPSA) is 45.2 Å². The highest BCUT2D eigenvalue weighted by Crippen LogP contribution is 2.24. The molecule has 4 heteroatoms. The summed E-state index contributed by atoms with van der Waals surface area (Å²) >= 11 is 0. The summed E-state index contributed by atoms with van der Waals surface area (Å²) in [6.45, 7) is 4.37. The molecule has 1 aliphatic rings. The van der Waals surface area contributed by atoms with E-state index in [1.807, 2.05) is 24.3 Å². The van der Waals surface area contributed by atoms with Gasteiger partial charge in [-0.3, -0.25) is 9.78 Å². The Morgan fingerprint density at radius 2 is 1.85 bits per heavy atom. The van der Waals surface area contributed by atoms with Gasteiger partial charge in [0.2, 0.25) is 0 Å². The van der Waals surface area contributed by atoms with Gasteiger partial charge in [-0.2, -0.15) is 0 Å². The fourth-order valence-corrected chi connectivity index (χ4v) is 3.44. The number of aromatic nitrogens is 1. The van der Waals surface area contributed by atoms with Crippen molar-refractivity contribution in [2.24, 2.45) is 0 Å². The standard InChI is InChI=1S/C23H23N3O/c1-17-6-8-18(9-7-17)15-25-23(27)22-14-21(10-12-24-22)26-13-11-19-4-2-3-5-20(19)16-26/h2-10,12,14H,11,13,15-16H2,1H3,(H,25,27). The Morgan fingerprint density at radius 1 is 1.07 bits per heavy atom. The fourth-order valence-electron chi connectivity index (χ4n) is 3.44. The third-order valence-corrected chi connectivity index (χ3v) is 5.05. The van der Waals surface area contributed by atoms with Crippen molar-refractivity contribution in [2.75, 3.05) is 11.4 Å². The van der Waals surface area contributed by atoms with Crippen molar-refractivity contribution in [2.45, 2.75) is 26.4 Å². The van der Waals surface area contributed by atoms with Crippen LogP contribution in [0.25, 0.3) is 0 Å². The van der Waals surface area contributed by atoms with Crippen molar-refractivity contribution < 1.29 is 4.79 Å². The number of benzene rings is 2. The van der Waals surface area contributed by atoms with E-state index in [9.17, 15) is 4.79 Å². The first-order chi connectivity index (χ1) is 13.2. The SMILES string of the molecule is Cc1ccc(CNC(=O)c2cc(N3CCc4ccccc4C3)ccn2)cc1. The Bertz CT molecular complexity index is 950. The van der Waals surface area contributed by atoms with Gasteiger partial charge in [-0.05, 0) is 42.2 Å². The summed E-state index contributed by atoms with van der Waals surface area (Å²) in [4.78, 5) is 19.1. The Balaban J connectivity index is 1.44. The van der Waals surface area contributed by atoms with Crippen LogP contribution >= 0.6 is 0 Å². The number of anilines is 1. The predicted octanol–water partition coefficient (Wildman–Crippen LogP) is 3.88. The first kappa shape index (κ1) is 17.3. The minimum atomic E-state index is -0.144. The molecular formula is C23H23N3O. The molecule has 0 aliphatic carbocycles. The van der Waals surface area contributed by atoms with Crippen LogP contribution in [-0.2, 0) is 19.5 Å². The van der Waals surface area contributed by atoms with E-state index < -0.39 is 0 Å². The van der Waals surface area contributed by atoms with Crippen LogP contribution in [-0.4, -0.2) is 17.4 Å². The van der Waals surface area contributed by atoms with Crippen molar-refractivity contribution >= 4 is 11.6 Å². The zero-order valence-corrected chi connectivity index (χ0v) is 15.5. The van der Waals surface area contributed by atoms with Gasteiger partial charge in [0.1, 0.15) is 5.69 Å². The molecule has 1 amide bonds. The molecule has 136 valence electrons. The summed E-state index contributed by atoms with van der Waals surface area (Å²) in [7, 11) is 0. The van der Waals surface area contributed by atoms with Crippen LogP contribution in [0.4, 0.5) is 5.69 Å². The van der Waals surface area contributed by atoms with Gasteiger partial charge in [0.25, 0.3) is 5.91 Å². The molecule has 4 nitrogen and oxygen atoms in total. The van der Waals surface area contributed by atoms with Gasteiger partial charge >= 0.3 is 0 Å². The second-order valence-corrected chi connectivity index (χ2v) is 7.01. The number of carbonyl (C=O) groups is 1. The number of rotatable bonds is 4. The summed E-state index contributed by atoms with van der Waals surface area (Å²) in [5.41, 5.74) is 6.56. The van der Waals surface area contributed by atoms with Gasteiger partial charge in [0.05, 0.1) is 0 Å². The average molecular weight is 357 g/mol. The van der Waals surface area contributed by atoms with Crippen molar-refractivity contribution in [3.8, 4) is 0 Å². The zero-order chi connectivity index (χ0) is 18.6. The Labute approximate surface area is 159 Å². The van der Waals surface area contributed by atoms with Crippen LogP contribution < -0.4 is 10.2 Å². The normalized spacial score (nSPS) is 13.1. The zero-order valence-electron chi connectivity index (χ0n) is 15.5. The van der Waals surface area contributed by atoms with Crippen molar-refractivity contribution in [1.29, 1.82) is 0 Å². The summed E-state index contributed by atoms with van der Waals surface area (Å²) in [5.74, 6) is -0.144. The largest absolute Gasteiger partial charge is 0.367 e. The van der Waals surface area contributed by atoms with Crippen LogP contribution in [0.1, 0.15) is 32.7 Å². The van der Waals surface area contributed by atoms with E-state index in [2.05, 4.69) is 58.5 Å². The second-order valence-electron chi connectivity index (χ2n) is 7.01. The van der Waals surface area contributed by atoms with E-state index in [0.717, 1.165) is 30.8 Å². The fraction of sp³-hybridized carbons (Fsp3) is 0.217. The molecule has 0 bridgehead atoms. The monoisotopic (exact) mass is 357 g/mol. The third kappa shape index (κ3) is 4.00. The molecular weight excluding hydrogens is 334 g/mol. The number of fused-ring (bicyclic) bond motifs is 1. The number of aryl methyl sites for hydroxylation is 1. The number of amides is 1. The first-order valence-corrected chi connectivity index (χ1v) is 9.30. The highest BCUT2D eigenvalue weighted by molar-refractivity contribution is 5.93. The smallest absolute Gasteiger partial charge is 0.270 e. The average Bonchev–Trinajstić information content (AvgIpc) is 2.73. The highest BCUT2D eigenvalue weighted by atomic mass is 16.1. The maximum absolute atomic E-state index is 12.5. The molecule has 27 heavy (non-hydrogen) atoms. The number of hydrogen-bond donors (Lipinski definition) is 1. The number of nitrogens with zero attached hydrogens (tertiary/aromatic N) is 2. The lowest BCUT2D eigenvalue weighted by Gasteiger charge is -2.30. The molecule has 1 aromatic heterocycles. The van der Waals surface area contributed by atoms with E-state index in [4.69, 9.17) is 0 Å². The quantitative estimate of drug-likeness (QED) is 0.771. The molecule has 2 aromatic carbocycles. The number of nitrogens with one attached hydrogen (secondary N) is 1. The van der Waals surface area contributed by atoms with Crippen LogP contribution in [0.5, 0.6) is 0 Å². The molecule has 0 atom stereocenters. The minimum absolute atomic E-state index is 0.144. The van der Waals surface area contributed by atoms with Gasteiger partial charge in [0, 0.05) is 31.5 Å². The van der Waals surface area contributed by atoms with Crippen LogP contribution in [0.3, 0.4) is 0 Å². The van der Waals surface area contributed by atoms with Crippen LogP contribution in [0.15, 0.2) is 66.9 Å². The molecule has 0 radical (unpaired) electrons. The molecule has 3 aromatic rings. The maximum Gasteiger partial charge on any atom is 0.270 e. The Kier molecular flexibility index (Phi) is 4.88. The van der Waals surface area contributed by atoms with E-state index in [1.165, 1.54) is 16.7 Å². The molecule has 0 unspecified atom stereocenters. The van der Waals surface area contributed by atoms with Crippen molar-refractivity contribution in [1.82, 2.24) is 10.3 Å². The minimum Gasteiger partial charge on any atom is -0.367 e. The lowest BCUT2D eigenvalue weighted by Crippen LogP contribution is -2.31. The highest BCUT2D eigenvalue weighted by Gasteiger charge is 2.17.